The smallest absolute Gasteiger partial charge is 0.0998 e. The van der Waals surface area contributed by atoms with E-state index in [1.807, 2.05) is 54.6 Å². The summed E-state index contributed by atoms with van der Waals surface area (Å²) in [6, 6.07) is 30.8. The minimum Gasteiger partial charge on any atom is -0.309 e. The Bertz CT molecular complexity index is 1150. The average Bonchev–Trinajstić information content (AvgIpc) is 2.74. The Hall–Kier alpha value is -3.12. The van der Waals surface area contributed by atoms with Gasteiger partial charge in [0.05, 0.1) is 11.6 Å². The van der Waals surface area contributed by atoms with Crippen LogP contribution in [0.15, 0.2) is 84.9 Å². The van der Waals surface area contributed by atoms with E-state index in [-0.39, 0.29) is 0 Å². The molecule has 0 aliphatic carbocycles. The van der Waals surface area contributed by atoms with Gasteiger partial charge in [0.15, 0.2) is 0 Å². The van der Waals surface area contributed by atoms with Crippen molar-refractivity contribution >= 4 is 22.4 Å². The molecule has 0 atom stereocenters. The van der Waals surface area contributed by atoms with Gasteiger partial charge in [-0.05, 0) is 51.7 Å². The van der Waals surface area contributed by atoms with Crippen LogP contribution >= 0.6 is 11.6 Å². The SMILES string of the molecule is N#Cc1ccc(CNCc2ccc(Cl)cc2)cc1-c1cccc2ccccc12. The Morgan fingerprint density at radius 3 is 2.29 bits per heavy atom. The number of nitrogens with one attached hydrogen (secondary N) is 1. The van der Waals surface area contributed by atoms with Gasteiger partial charge in [0, 0.05) is 23.7 Å². The first-order valence-electron chi connectivity index (χ1n) is 9.21. The number of nitriles is 1. The molecule has 0 aliphatic rings. The number of rotatable bonds is 5. The van der Waals surface area contributed by atoms with E-state index in [1.54, 1.807) is 0 Å². The standard InChI is InChI=1S/C25H19ClN2/c26-22-12-9-18(10-13-22)16-28-17-19-8-11-21(15-27)25(14-19)24-7-3-5-20-4-1-2-6-23(20)24/h1-14,28H,16-17H2. The maximum atomic E-state index is 9.61. The maximum absolute atomic E-state index is 9.61. The van der Waals surface area contributed by atoms with Gasteiger partial charge in [-0.2, -0.15) is 5.26 Å². The third kappa shape index (κ3) is 3.92. The minimum atomic E-state index is 0.692. The second-order valence-corrected chi connectivity index (χ2v) is 7.18. The normalized spacial score (nSPS) is 10.7. The highest BCUT2D eigenvalue weighted by Gasteiger charge is 2.09. The lowest BCUT2D eigenvalue weighted by atomic mass is 9.93. The molecule has 2 nitrogen and oxygen atoms in total. The van der Waals surface area contributed by atoms with Gasteiger partial charge in [-0.25, -0.2) is 0 Å². The molecule has 136 valence electrons. The van der Waals surface area contributed by atoms with Crippen LogP contribution in [0.1, 0.15) is 16.7 Å². The van der Waals surface area contributed by atoms with Crippen LogP contribution in [-0.2, 0) is 13.1 Å². The molecule has 4 rings (SSSR count). The van der Waals surface area contributed by atoms with Crippen LogP contribution in [0, 0.1) is 11.3 Å². The topological polar surface area (TPSA) is 35.8 Å². The summed E-state index contributed by atoms with van der Waals surface area (Å²) in [7, 11) is 0. The number of halogens is 1. The van der Waals surface area contributed by atoms with Crippen LogP contribution in [0.5, 0.6) is 0 Å². The highest BCUT2D eigenvalue weighted by atomic mass is 35.5. The van der Waals surface area contributed by atoms with E-state index in [0.29, 0.717) is 5.56 Å². The molecular weight excluding hydrogens is 364 g/mol. The number of hydrogen-bond acceptors (Lipinski definition) is 2. The summed E-state index contributed by atoms with van der Waals surface area (Å²) in [5.41, 5.74) is 5.10. The Morgan fingerprint density at radius 1 is 0.750 bits per heavy atom. The van der Waals surface area contributed by atoms with Gasteiger partial charge in [-0.1, -0.05) is 72.3 Å². The van der Waals surface area contributed by atoms with E-state index < -0.39 is 0 Å². The fourth-order valence-corrected chi connectivity index (χ4v) is 3.56. The van der Waals surface area contributed by atoms with Crippen molar-refractivity contribution < 1.29 is 0 Å². The molecule has 0 saturated heterocycles. The molecule has 0 heterocycles. The minimum absolute atomic E-state index is 0.692. The molecule has 0 aliphatic heterocycles. The highest BCUT2D eigenvalue weighted by molar-refractivity contribution is 6.30. The largest absolute Gasteiger partial charge is 0.309 e. The zero-order valence-corrected chi connectivity index (χ0v) is 16.1. The van der Waals surface area contributed by atoms with E-state index in [9.17, 15) is 5.26 Å². The van der Waals surface area contributed by atoms with Gasteiger partial charge < -0.3 is 5.32 Å². The van der Waals surface area contributed by atoms with E-state index in [0.717, 1.165) is 40.2 Å². The van der Waals surface area contributed by atoms with Gasteiger partial charge in [0.25, 0.3) is 0 Å². The average molecular weight is 383 g/mol. The highest BCUT2D eigenvalue weighted by Crippen LogP contribution is 2.31. The van der Waals surface area contributed by atoms with Gasteiger partial charge in [-0.15, -0.1) is 0 Å². The molecule has 3 heteroatoms. The summed E-state index contributed by atoms with van der Waals surface area (Å²) in [6.07, 6.45) is 0. The number of benzene rings is 4. The van der Waals surface area contributed by atoms with E-state index in [2.05, 4.69) is 41.7 Å². The van der Waals surface area contributed by atoms with Crippen LogP contribution in [0.2, 0.25) is 5.02 Å². The maximum Gasteiger partial charge on any atom is 0.0998 e. The lowest BCUT2D eigenvalue weighted by molar-refractivity contribution is 0.693. The zero-order chi connectivity index (χ0) is 19.3. The van der Waals surface area contributed by atoms with Crippen molar-refractivity contribution in [1.29, 1.82) is 5.26 Å². The quantitative estimate of drug-likeness (QED) is 0.438. The van der Waals surface area contributed by atoms with E-state index in [4.69, 9.17) is 11.6 Å². The Kier molecular flexibility index (Phi) is 5.39. The lowest BCUT2D eigenvalue weighted by Gasteiger charge is -2.12. The first-order chi connectivity index (χ1) is 13.7. The Balaban J connectivity index is 1.61. The molecule has 0 bridgehead atoms. The second kappa shape index (κ2) is 8.27. The van der Waals surface area contributed by atoms with Crippen molar-refractivity contribution in [3.05, 3.63) is 107 Å². The van der Waals surface area contributed by atoms with Gasteiger partial charge in [-0.3, -0.25) is 0 Å². The summed E-state index contributed by atoms with van der Waals surface area (Å²) in [6.45, 7) is 1.49. The van der Waals surface area contributed by atoms with Crippen LogP contribution in [0.25, 0.3) is 21.9 Å². The molecule has 0 amide bonds. The molecule has 1 N–H and O–H groups in total. The first-order valence-corrected chi connectivity index (χ1v) is 9.59. The zero-order valence-electron chi connectivity index (χ0n) is 15.3. The molecular formula is C25H19ClN2. The Labute approximate surface area is 170 Å². The summed E-state index contributed by atoms with van der Waals surface area (Å²) >= 11 is 5.94. The molecule has 28 heavy (non-hydrogen) atoms. The molecule has 0 fully saturated rings. The fraction of sp³-hybridized carbons (Fsp3) is 0.0800. The van der Waals surface area contributed by atoms with Crippen molar-refractivity contribution in [3.8, 4) is 17.2 Å². The summed E-state index contributed by atoms with van der Waals surface area (Å²) in [5, 5.41) is 16.2. The van der Waals surface area contributed by atoms with Crippen molar-refractivity contribution in [2.45, 2.75) is 13.1 Å². The predicted molar refractivity (Wildman–Crippen MR) is 116 cm³/mol. The fourth-order valence-electron chi connectivity index (χ4n) is 3.44. The van der Waals surface area contributed by atoms with Crippen LogP contribution in [0.3, 0.4) is 0 Å². The first kappa shape index (κ1) is 18.3. The molecule has 0 unspecified atom stereocenters. The summed E-state index contributed by atoms with van der Waals surface area (Å²) in [5.74, 6) is 0. The lowest BCUT2D eigenvalue weighted by Crippen LogP contribution is -2.12. The molecule has 4 aromatic carbocycles. The second-order valence-electron chi connectivity index (χ2n) is 6.75. The van der Waals surface area contributed by atoms with Crippen LogP contribution < -0.4 is 5.32 Å². The number of nitrogens with zero attached hydrogens (tertiary/aromatic N) is 1. The monoisotopic (exact) mass is 382 g/mol. The molecule has 4 aromatic rings. The molecule has 0 saturated carbocycles. The van der Waals surface area contributed by atoms with Crippen molar-refractivity contribution in [2.75, 3.05) is 0 Å². The third-order valence-electron chi connectivity index (χ3n) is 4.86. The van der Waals surface area contributed by atoms with Crippen molar-refractivity contribution in [1.82, 2.24) is 5.32 Å². The van der Waals surface area contributed by atoms with Crippen molar-refractivity contribution in [2.24, 2.45) is 0 Å². The van der Waals surface area contributed by atoms with Gasteiger partial charge >= 0.3 is 0 Å². The Morgan fingerprint density at radius 2 is 1.46 bits per heavy atom. The molecule has 0 radical (unpaired) electrons. The van der Waals surface area contributed by atoms with Crippen molar-refractivity contribution in [3.63, 3.8) is 0 Å². The van der Waals surface area contributed by atoms with Gasteiger partial charge in [0.1, 0.15) is 0 Å². The van der Waals surface area contributed by atoms with Crippen LogP contribution in [-0.4, -0.2) is 0 Å². The predicted octanol–water partition coefficient (Wildman–Crippen LogP) is 6.32. The van der Waals surface area contributed by atoms with E-state index in [1.165, 1.54) is 10.9 Å². The molecule has 0 spiro atoms. The van der Waals surface area contributed by atoms with Gasteiger partial charge in [0.2, 0.25) is 0 Å². The van der Waals surface area contributed by atoms with Crippen LogP contribution in [0.4, 0.5) is 0 Å². The van der Waals surface area contributed by atoms with E-state index >= 15 is 0 Å². The number of fused-ring (bicyclic) bond motifs is 1. The third-order valence-corrected chi connectivity index (χ3v) is 5.11. The number of hydrogen-bond donors (Lipinski definition) is 1. The molecule has 0 aromatic heterocycles. The summed E-state index contributed by atoms with van der Waals surface area (Å²) in [4.78, 5) is 0. The summed E-state index contributed by atoms with van der Waals surface area (Å²) < 4.78 is 0.